The van der Waals surface area contributed by atoms with Crippen molar-refractivity contribution < 1.29 is 19.4 Å². The number of aldehydes is 1. The number of aliphatic hydroxyl groups is 2. The first-order valence-electron chi connectivity index (χ1n) is 4.27. The second-order valence-electron chi connectivity index (χ2n) is 3.07. The third-order valence-electron chi connectivity index (χ3n) is 2.00. The van der Waals surface area contributed by atoms with Crippen LogP contribution >= 0.6 is 11.6 Å². The fourth-order valence-electron chi connectivity index (χ4n) is 1.15. The molecule has 0 heterocycles. The lowest BCUT2D eigenvalue weighted by molar-refractivity contribution is 0.0304. The van der Waals surface area contributed by atoms with E-state index in [1.165, 1.54) is 12.1 Å². The number of carbonyl (C=O) groups is 1. The molecule has 0 spiro atoms. The summed E-state index contributed by atoms with van der Waals surface area (Å²) in [7, 11) is 0. The highest BCUT2D eigenvalue weighted by atomic mass is 35.5. The van der Waals surface area contributed by atoms with Crippen LogP contribution in [0.25, 0.3) is 0 Å². The molecular formula is C10H10ClFO3. The standard InChI is InChI=1S/C10H10ClFO3/c11-4-9(14)10(15)7-3-6(5-13)1-2-8(7)12/h1-3,5,9-10,14-15H,4H2. The number of benzene rings is 1. The monoisotopic (exact) mass is 232 g/mol. The Morgan fingerprint density at radius 2 is 2.13 bits per heavy atom. The van der Waals surface area contributed by atoms with Crippen LogP contribution in [0, 0.1) is 5.82 Å². The Labute approximate surface area is 91.1 Å². The van der Waals surface area contributed by atoms with E-state index in [0.29, 0.717) is 6.29 Å². The van der Waals surface area contributed by atoms with Gasteiger partial charge in [0.1, 0.15) is 18.2 Å². The van der Waals surface area contributed by atoms with E-state index in [0.717, 1.165) is 6.07 Å². The third kappa shape index (κ3) is 2.75. The maximum absolute atomic E-state index is 13.2. The Kier molecular flexibility index (Phi) is 4.20. The second-order valence-corrected chi connectivity index (χ2v) is 3.37. The lowest BCUT2D eigenvalue weighted by Gasteiger charge is -2.16. The SMILES string of the molecule is O=Cc1ccc(F)c(C(O)C(O)CCl)c1. The van der Waals surface area contributed by atoms with Crippen molar-refractivity contribution in [1.29, 1.82) is 0 Å². The Morgan fingerprint density at radius 1 is 1.47 bits per heavy atom. The molecule has 2 atom stereocenters. The zero-order valence-electron chi connectivity index (χ0n) is 7.73. The number of halogens is 2. The van der Waals surface area contributed by atoms with Crippen molar-refractivity contribution in [2.24, 2.45) is 0 Å². The van der Waals surface area contributed by atoms with Crippen LogP contribution in [0.4, 0.5) is 4.39 Å². The molecule has 0 saturated carbocycles. The zero-order chi connectivity index (χ0) is 11.4. The van der Waals surface area contributed by atoms with Gasteiger partial charge in [-0.05, 0) is 18.2 Å². The topological polar surface area (TPSA) is 57.5 Å². The molecule has 1 rings (SSSR count). The number of hydrogen-bond acceptors (Lipinski definition) is 3. The van der Waals surface area contributed by atoms with Gasteiger partial charge in [0.25, 0.3) is 0 Å². The molecule has 0 saturated heterocycles. The first kappa shape index (κ1) is 12.1. The molecule has 0 fully saturated rings. The van der Waals surface area contributed by atoms with Crippen molar-refractivity contribution in [2.75, 3.05) is 5.88 Å². The quantitative estimate of drug-likeness (QED) is 0.607. The predicted octanol–water partition coefficient (Wildman–Crippen LogP) is 1.27. The van der Waals surface area contributed by atoms with Crippen LogP contribution < -0.4 is 0 Å². The fourth-order valence-corrected chi connectivity index (χ4v) is 1.32. The summed E-state index contributed by atoms with van der Waals surface area (Å²) >= 11 is 5.32. The van der Waals surface area contributed by atoms with Crippen molar-refractivity contribution in [3.8, 4) is 0 Å². The van der Waals surface area contributed by atoms with Gasteiger partial charge in [-0.3, -0.25) is 4.79 Å². The summed E-state index contributed by atoms with van der Waals surface area (Å²) in [5.41, 5.74) is 0.0972. The van der Waals surface area contributed by atoms with E-state index in [4.69, 9.17) is 11.6 Å². The van der Waals surface area contributed by atoms with E-state index in [1.807, 2.05) is 0 Å². The summed E-state index contributed by atoms with van der Waals surface area (Å²) in [4.78, 5) is 10.4. The summed E-state index contributed by atoms with van der Waals surface area (Å²) < 4.78 is 13.2. The Bertz CT molecular complexity index is 357. The van der Waals surface area contributed by atoms with Crippen molar-refractivity contribution in [3.63, 3.8) is 0 Å². The molecular weight excluding hydrogens is 223 g/mol. The first-order chi connectivity index (χ1) is 7.10. The van der Waals surface area contributed by atoms with E-state index in [-0.39, 0.29) is 17.0 Å². The van der Waals surface area contributed by atoms with Gasteiger partial charge in [-0.1, -0.05) is 0 Å². The smallest absolute Gasteiger partial charge is 0.150 e. The molecule has 0 aliphatic heterocycles. The summed E-state index contributed by atoms with van der Waals surface area (Å²) in [6.07, 6.45) is -2.16. The van der Waals surface area contributed by atoms with Crippen LogP contribution in [-0.2, 0) is 0 Å². The summed E-state index contributed by atoms with van der Waals surface area (Å²) in [6, 6.07) is 3.53. The Hall–Kier alpha value is -0.970. The van der Waals surface area contributed by atoms with Crippen LogP contribution in [0.5, 0.6) is 0 Å². The number of carbonyl (C=O) groups excluding carboxylic acids is 1. The van der Waals surface area contributed by atoms with Crippen molar-refractivity contribution >= 4 is 17.9 Å². The molecule has 0 aromatic heterocycles. The van der Waals surface area contributed by atoms with E-state index >= 15 is 0 Å². The minimum absolute atomic E-state index is 0.132. The Morgan fingerprint density at radius 3 is 2.67 bits per heavy atom. The largest absolute Gasteiger partial charge is 0.389 e. The van der Waals surface area contributed by atoms with Crippen LogP contribution in [0.3, 0.4) is 0 Å². The molecule has 1 aromatic carbocycles. The normalized spacial score (nSPS) is 14.7. The van der Waals surface area contributed by atoms with E-state index in [1.54, 1.807) is 0 Å². The zero-order valence-corrected chi connectivity index (χ0v) is 8.49. The van der Waals surface area contributed by atoms with Gasteiger partial charge in [0.15, 0.2) is 0 Å². The first-order valence-corrected chi connectivity index (χ1v) is 4.80. The minimum atomic E-state index is -1.43. The van der Waals surface area contributed by atoms with Gasteiger partial charge in [0.2, 0.25) is 0 Å². The molecule has 0 radical (unpaired) electrons. The summed E-state index contributed by atoms with van der Waals surface area (Å²) in [6.45, 7) is 0. The highest BCUT2D eigenvalue weighted by Crippen LogP contribution is 2.21. The molecule has 82 valence electrons. The van der Waals surface area contributed by atoms with E-state index in [9.17, 15) is 19.4 Å². The lowest BCUT2D eigenvalue weighted by atomic mass is 10.0. The van der Waals surface area contributed by atoms with Crippen molar-refractivity contribution in [2.45, 2.75) is 12.2 Å². The van der Waals surface area contributed by atoms with Gasteiger partial charge in [-0.2, -0.15) is 0 Å². The van der Waals surface area contributed by atoms with Crippen LogP contribution in [0.1, 0.15) is 22.0 Å². The molecule has 15 heavy (non-hydrogen) atoms. The van der Waals surface area contributed by atoms with Crippen LogP contribution in [0.15, 0.2) is 18.2 Å². The van der Waals surface area contributed by atoms with Gasteiger partial charge in [-0.15, -0.1) is 11.6 Å². The van der Waals surface area contributed by atoms with Crippen molar-refractivity contribution in [1.82, 2.24) is 0 Å². The molecule has 2 unspecified atom stereocenters. The highest BCUT2D eigenvalue weighted by molar-refractivity contribution is 6.18. The number of alkyl halides is 1. The molecule has 0 bridgehead atoms. The van der Waals surface area contributed by atoms with Crippen molar-refractivity contribution in [3.05, 3.63) is 35.1 Å². The molecule has 5 heteroatoms. The van der Waals surface area contributed by atoms with Gasteiger partial charge in [0, 0.05) is 11.1 Å². The Balaban J connectivity index is 3.06. The molecule has 0 aliphatic carbocycles. The number of rotatable bonds is 4. The maximum atomic E-state index is 13.2. The molecule has 0 amide bonds. The minimum Gasteiger partial charge on any atom is -0.389 e. The molecule has 3 nitrogen and oxygen atoms in total. The second kappa shape index (κ2) is 5.21. The molecule has 0 aliphatic rings. The number of hydrogen-bond donors (Lipinski definition) is 2. The van der Waals surface area contributed by atoms with Gasteiger partial charge in [0.05, 0.1) is 12.0 Å². The fraction of sp³-hybridized carbons (Fsp3) is 0.300. The predicted molar refractivity (Wildman–Crippen MR) is 53.5 cm³/mol. The van der Waals surface area contributed by atoms with Gasteiger partial charge in [-0.25, -0.2) is 4.39 Å². The average molecular weight is 233 g/mol. The maximum Gasteiger partial charge on any atom is 0.150 e. The van der Waals surface area contributed by atoms with Gasteiger partial charge >= 0.3 is 0 Å². The lowest BCUT2D eigenvalue weighted by Crippen LogP contribution is -2.20. The van der Waals surface area contributed by atoms with E-state index in [2.05, 4.69) is 0 Å². The van der Waals surface area contributed by atoms with Crippen LogP contribution in [0.2, 0.25) is 0 Å². The summed E-state index contributed by atoms with van der Waals surface area (Å²) in [5, 5.41) is 18.7. The van der Waals surface area contributed by atoms with Crippen LogP contribution in [-0.4, -0.2) is 28.5 Å². The number of aliphatic hydroxyl groups excluding tert-OH is 2. The highest BCUT2D eigenvalue weighted by Gasteiger charge is 2.20. The molecule has 2 N–H and O–H groups in total. The average Bonchev–Trinajstić information content (AvgIpc) is 2.27. The van der Waals surface area contributed by atoms with Gasteiger partial charge < -0.3 is 10.2 Å². The summed E-state index contributed by atoms with van der Waals surface area (Å²) in [5.74, 6) is -0.899. The third-order valence-corrected chi connectivity index (χ3v) is 2.31. The van der Waals surface area contributed by atoms with E-state index < -0.39 is 18.0 Å². The molecule has 1 aromatic rings.